The number of rotatable bonds is 3. The van der Waals surface area contributed by atoms with E-state index in [1.807, 2.05) is 0 Å². The molecule has 21 heavy (non-hydrogen) atoms. The fourth-order valence-electron chi connectivity index (χ4n) is 1.92. The van der Waals surface area contributed by atoms with Gasteiger partial charge in [0.25, 0.3) is 0 Å². The lowest BCUT2D eigenvalue weighted by molar-refractivity contribution is 0.0521. The van der Waals surface area contributed by atoms with Crippen LogP contribution in [0.5, 0.6) is 0 Å². The molecule has 3 aromatic rings. The lowest BCUT2D eigenvalue weighted by atomic mass is 10.3. The molecule has 0 atom stereocenters. The van der Waals surface area contributed by atoms with Crippen LogP contribution in [0, 0.1) is 0 Å². The van der Waals surface area contributed by atoms with Crippen molar-refractivity contribution in [2.75, 3.05) is 12.3 Å². The summed E-state index contributed by atoms with van der Waals surface area (Å²) in [7, 11) is 0. The maximum absolute atomic E-state index is 11.9. The minimum atomic E-state index is -0.504. The molecule has 0 aliphatic carbocycles. The Morgan fingerprint density at radius 3 is 3.00 bits per heavy atom. The molecule has 6 nitrogen and oxygen atoms in total. The molecule has 3 aromatic heterocycles. The van der Waals surface area contributed by atoms with Crippen LogP contribution in [0.2, 0.25) is 5.02 Å². The summed E-state index contributed by atoms with van der Waals surface area (Å²) in [5.74, 6) is -0.504. The van der Waals surface area contributed by atoms with E-state index in [1.54, 1.807) is 35.9 Å². The van der Waals surface area contributed by atoms with Crippen LogP contribution in [0.4, 0.5) is 5.13 Å². The van der Waals surface area contributed by atoms with E-state index in [2.05, 4.69) is 9.97 Å². The monoisotopic (exact) mass is 322 g/mol. The van der Waals surface area contributed by atoms with Gasteiger partial charge in [-0.15, -0.1) is 0 Å². The summed E-state index contributed by atoms with van der Waals surface area (Å²) >= 11 is 7.15. The lowest BCUT2D eigenvalue weighted by Crippen LogP contribution is -2.06. The third-order valence-electron chi connectivity index (χ3n) is 2.76. The molecular formula is C13H11ClN4O2S. The van der Waals surface area contributed by atoms with Crippen molar-refractivity contribution in [2.24, 2.45) is 0 Å². The van der Waals surface area contributed by atoms with Crippen molar-refractivity contribution < 1.29 is 9.53 Å². The number of fused-ring (bicyclic) bond motifs is 1. The zero-order valence-corrected chi connectivity index (χ0v) is 12.6. The van der Waals surface area contributed by atoms with Crippen LogP contribution in [-0.4, -0.2) is 26.9 Å². The van der Waals surface area contributed by atoms with Crippen LogP contribution in [0.3, 0.4) is 0 Å². The molecule has 3 heterocycles. The number of nitrogens with zero attached hydrogens (tertiary/aromatic N) is 3. The highest BCUT2D eigenvalue weighted by molar-refractivity contribution is 7.19. The zero-order chi connectivity index (χ0) is 15.0. The number of esters is 1. The molecule has 0 aliphatic heterocycles. The van der Waals surface area contributed by atoms with Gasteiger partial charge in [0.1, 0.15) is 11.3 Å². The summed E-state index contributed by atoms with van der Waals surface area (Å²) in [6, 6.07) is 3.54. The van der Waals surface area contributed by atoms with Crippen molar-refractivity contribution in [3.8, 4) is 10.6 Å². The van der Waals surface area contributed by atoms with E-state index in [4.69, 9.17) is 22.1 Å². The van der Waals surface area contributed by atoms with E-state index in [0.29, 0.717) is 20.7 Å². The van der Waals surface area contributed by atoms with Crippen molar-refractivity contribution in [1.29, 1.82) is 0 Å². The molecule has 0 aromatic carbocycles. The Labute approximate surface area is 129 Å². The number of nitrogen functional groups attached to an aromatic ring is 1. The number of aromatic nitrogens is 3. The van der Waals surface area contributed by atoms with Gasteiger partial charge in [-0.1, -0.05) is 22.9 Å². The molecule has 0 unspecified atom stereocenters. The Morgan fingerprint density at radius 1 is 1.43 bits per heavy atom. The summed E-state index contributed by atoms with van der Waals surface area (Å²) < 4.78 is 6.77. The average Bonchev–Trinajstić information content (AvgIpc) is 3.01. The first-order valence-corrected chi connectivity index (χ1v) is 7.36. The van der Waals surface area contributed by atoms with Crippen molar-refractivity contribution in [1.82, 2.24) is 14.4 Å². The molecule has 0 radical (unpaired) electrons. The van der Waals surface area contributed by atoms with E-state index in [1.165, 1.54) is 11.3 Å². The highest BCUT2D eigenvalue weighted by Crippen LogP contribution is 2.32. The Kier molecular flexibility index (Phi) is 3.52. The molecule has 3 rings (SSSR count). The molecule has 0 bridgehead atoms. The number of carbonyl (C=O) groups is 1. The summed E-state index contributed by atoms with van der Waals surface area (Å²) in [6.07, 6.45) is 3.51. The molecule has 2 N–H and O–H groups in total. The van der Waals surface area contributed by atoms with Crippen LogP contribution in [0.15, 0.2) is 24.5 Å². The summed E-state index contributed by atoms with van der Waals surface area (Å²) in [5.41, 5.74) is 7.23. The number of halogens is 1. The second kappa shape index (κ2) is 5.34. The third kappa shape index (κ3) is 2.57. The second-order valence-electron chi connectivity index (χ2n) is 4.19. The highest BCUT2D eigenvalue weighted by Gasteiger charge is 2.21. The van der Waals surface area contributed by atoms with E-state index in [9.17, 15) is 4.79 Å². The molecule has 108 valence electrons. The van der Waals surface area contributed by atoms with Gasteiger partial charge in [0, 0.05) is 12.4 Å². The molecule has 0 amide bonds. The van der Waals surface area contributed by atoms with Gasteiger partial charge >= 0.3 is 5.97 Å². The van der Waals surface area contributed by atoms with Crippen LogP contribution in [-0.2, 0) is 4.74 Å². The van der Waals surface area contributed by atoms with Gasteiger partial charge in [-0.3, -0.25) is 0 Å². The number of nitrogens with two attached hydrogens (primary N) is 1. The average molecular weight is 323 g/mol. The Balaban J connectivity index is 2.11. The van der Waals surface area contributed by atoms with Crippen molar-refractivity contribution in [3.05, 3.63) is 35.2 Å². The first-order valence-electron chi connectivity index (χ1n) is 6.16. The summed E-state index contributed by atoms with van der Waals surface area (Å²) in [6.45, 7) is 2.01. The van der Waals surface area contributed by atoms with Gasteiger partial charge in [0.05, 0.1) is 16.5 Å². The summed E-state index contributed by atoms with van der Waals surface area (Å²) in [4.78, 5) is 21.0. The predicted molar refractivity (Wildman–Crippen MR) is 81.7 cm³/mol. The van der Waals surface area contributed by atoms with E-state index >= 15 is 0 Å². The van der Waals surface area contributed by atoms with Gasteiger partial charge in [0.15, 0.2) is 10.8 Å². The Hall–Kier alpha value is -2.12. The van der Waals surface area contributed by atoms with E-state index < -0.39 is 5.97 Å². The molecule has 0 fully saturated rings. The van der Waals surface area contributed by atoms with Gasteiger partial charge < -0.3 is 14.9 Å². The van der Waals surface area contributed by atoms with Crippen LogP contribution in [0.25, 0.3) is 16.2 Å². The number of thiazole rings is 1. The third-order valence-corrected chi connectivity index (χ3v) is 3.89. The van der Waals surface area contributed by atoms with Gasteiger partial charge in [0.2, 0.25) is 0 Å². The number of anilines is 1. The van der Waals surface area contributed by atoms with Crippen molar-refractivity contribution >= 4 is 39.7 Å². The maximum Gasteiger partial charge on any atom is 0.358 e. The summed E-state index contributed by atoms with van der Waals surface area (Å²) in [5, 5.41) is 0.893. The minimum absolute atomic E-state index is 0.189. The lowest BCUT2D eigenvalue weighted by Gasteiger charge is -1.99. The van der Waals surface area contributed by atoms with Crippen LogP contribution in [0.1, 0.15) is 17.4 Å². The fourth-order valence-corrected chi connectivity index (χ4v) is 2.86. The normalized spacial score (nSPS) is 11.0. The number of ether oxygens (including phenoxy) is 1. The number of hydrogen-bond donors (Lipinski definition) is 1. The van der Waals surface area contributed by atoms with Gasteiger partial charge in [-0.05, 0) is 19.1 Å². The standard InChI is InChI=1S/C13H11ClN4O2S/c1-2-20-12(19)10-11(21-13(15)17-10)8-6-18-5-7(14)3-4-9(18)16-8/h3-6H,2H2,1H3,(H2,15,17). The molecule has 0 saturated carbocycles. The largest absolute Gasteiger partial charge is 0.461 e. The highest BCUT2D eigenvalue weighted by atomic mass is 35.5. The topological polar surface area (TPSA) is 82.5 Å². The quantitative estimate of drug-likeness (QED) is 0.750. The van der Waals surface area contributed by atoms with Crippen molar-refractivity contribution in [3.63, 3.8) is 0 Å². The first-order chi connectivity index (χ1) is 10.1. The van der Waals surface area contributed by atoms with E-state index in [-0.39, 0.29) is 12.3 Å². The second-order valence-corrected chi connectivity index (χ2v) is 5.66. The SMILES string of the molecule is CCOC(=O)c1nc(N)sc1-c1cn2cc(Cl)ccc2n1. The number of imidazole rings is 1. The number of carbonyl (C=O) groups excluding carboxylic acids is 1. The van der Waals surface area contributed by atoms with Crippen molar-refractivity contribution in [2.45, 2.75) is 6.92 Å². The van der Waals surface area contributed by atoms with Gasteiger partial charge in [-0.25, -0.2) is 14.8 Å². The van der Waals surface area contributed by atoms with E-state index in [0.717, 1.165) is 5.65 Å². The van der Waals surface area contributed by atoms with Crippen LogP contribution >= 0.6 is 22.9 Å². The number of pyridine rings is 1. The molecular weight excluding hydrogens is 312 g/mol. The fraction of sp³-hybridized carbons (Fsp3) is 0.154. The Morgan fingerprint density at radius 2 is 2.24 bits per heavy atom. The maximum atomic E-state index is 11.9. The first kappa shape index (κ1) is 13.8. The minimum Gasteiger partial charge on any atom is -0.461 e. The molecule has 0 aliphatic rings. The molecule has 0 spiro atoms. The number of hydrogen-bond acceptors (Lipinski definition) is 6. The molecule has 8 heteroatoms. The van der Waals surface area contributed by atoms with Gasteiger partial charge in [-0.2, -0.15) is 0 Å². The van der Waals surface area contributed by atoms with Crippen LogP contribution < -0.4 is 5.73 Å². The molecule has 0 saturated heterocycles. The zero-order valence-electron chi connectivity index (χ0n) is 11.0. The predicted octanol–water partition coefficient (Wildman–Crippen LogP) is 2.87. The smallest absolute Gasteiger partial charge is 0.358 e. The Bertz CT molecular complexity index is 827.